The Morgan fingerprint density at radius 2 is 1.72 bits per heavy atom. The van der Waals surface area contributed by atoms with Crippen molar-refractivity contribution in [3.8, 4) is 0 Å². The Kier molecular flexibility index (Phi) is 4.15. The summed E-state index contributed by atoms with van der Waals surface area (Å²) in [6.07, 6.45) is 0. The third-order valence-corrected chi connectivity index (χ3v) is 4.37. The lowest BCUT2D eigenvalue weighted by Crippen LogP contribution is -2.22. The van der Waals surface area contributed by atoms with E-state index in [2.05, 4.69) is 37.5 Å². The molecule has 1 nitrogen and oxygen atoms in total. The van der Waals surface area contributed by atoms with Crippen LogP contribution in [0.4, 0.5) is 4.39 Å². The van der Waals surface area contributed by atoms with Crippen LogP contribution < -0.4 is 5.32 Å². The van der Waals surface area contributed by atoms with Crippen molar-refractivity contribution in [2.75, 3.05) is 0 Å². The zero-order valence-corrected chi connectivity index (χ0v) is 11.7. The third-order valence-electron chi connectivity index (χ3n) is 3.16. The summed E-state index contributed by atoms with van der Waals surface area (Å²) in [5.41, 5.74) is 2.43. The molecule has 0 saturated heterocycles. The quantitative estimate of drug-likeness (QED) is 0.849. The summed E-state index contributed by atoms with van der Waals surface area (Å²) < 4.78 is 12.9. The number of rotatable bonds is 4. The maximum atomic E-state index is 12.9. The molecule has 0 aliphatic rings. The van der Waals surface area contributed by atoms with Crippen molar-refractivity contribution >= 4 is 11.3 Å². The third kappa shape index (κ3) is 2.98. The van der Waals surface area contributed by atoms with Crippen LogP contribution in [0.25, 0.3) is 0 Å². The van der Waals surface area contributed by atoms with Gasteiger partial charge in [-0.25, -0.2) is 4.39 Å². The lowest BCUT2D eigenvalue weighted by Gasteiger charge is -2.20. The molecule has 0 radical (unpaired) electrons. The van der Waals surface area contributed by atoms with E-state index in [-0.39, 0.29) is 11.9 Å². The molecule has 2 atom stereocenters. The number of hydrogen-bond donors (Lipinski definition) is 1. The van der Waals surface area contributed by atoms with Crippen LogP contribution in [0.1, 0.15) is 41.9 Å². The summed E-state index contributed by atoms with van der Waals surface area (Å²) in [7, 11) is 0. The fourth-order valence-electron chi connectivity index (χ4n) is 2.13. The minimum absolute atomic E-state index is 0.187. The van der Waals surface area contributed by atoms with E-state index < -0.39 is 0 Å². The zero-order valence-electron chi connectivity index (χ0n) is 10.9. The molecule has 0 fully saturated rings. The van der Waals surface area contributed by atoms with Gasteiger partial charge in [-0.3, -0.25) is 0 Å². The van der Waals surface area contributed by atoms with Crippen LogP contribution >= 0.6 is 11.3 Å². The topological polar surface area (TPSA) is 12.0 Å². The van der Waals surface area contributed by atoms with E-state index in [1.807, 2.05) is 12.1 Å². The second-order valence-electron chi connectivity index (χ2n) is 4.63. The minimum Gasteiger partial charge on any atom is -0.303 e. The molecule has 0 spiro atoms. The monoisotopic (exact) mass is 263 g/mol. The van der Waals surface area contributed by atoms with Gasteiger partial charge in [0, 0.05) is 17.0 Å². The molecule has 1 heterocycles. The lowest BCUT2D eigenvalue weighted by atomic mass is 10.1. The maximum Gasteiger partial charge on any atom is 0.123 e. The molecule has 0 saturated carbocycles. The molecule has 3 heteroatoms. The minimum atomic E-state index is -0.187. The van der Waals surface area contributed by atoms with Crippen LogP contribution in [0, 0.1) is 12.7 Å². The summed E-state index contributed by atoms with van der Waals surface area (Å²) in [4.78, 5) is 1.36. The van der Waals surface area contributed by atoms with E-state index in [1.165, 1.54) is 22.6 Å². The van der Waals surface area contributed by atoms with Crippen LogP contribution in [0.3, 0.4) is 0 Å². The summed E-state index contributed by atoms with van der Waals surface area (Å²) in [5.74, 6) is -0.187. The van der Waals surface area contributed by atoms with Gasteiger partial charge in [0.2, 0.25) is 0 Å². The van der Waals surface area contributed by atoms with E-state index in [9.17, 15) is 4.39 Å². The molecule has 1 aromatic carbocycles. The lowest BCUT2D eigenvalue weighted by molar-refractivity contribution is 0.498. The highest BCUT2D eigenvalue weighted by Gasteiger charge is 2.13. The molecule has 0 amide bonds. The van der Waals surface area contributed by atoms with Crippen molar-refractivity contribution in [2.24, 2.45) is 0 Å². The molecule has 96 valence electrons. The molecular weight excluding hydrogens is 245 g/mol. The van der Waals surface area contributed by atoms with Crippen molar-refractivity contribution < 1.29 is 4.39 Å². The first-order chi connectivity index (χ1) is 8.58. The summed E-state index contributed by atoms with van der Waals surface area (Å²) in [6.45, 7) is 6.40. The second kappa shape index (κ2) is 5.63. The van der Waals surface area contributed by atoms with Crippen molar-refractivity contribution in [2.45, 2.75) is 32.9 Å². The van der Waals surface area contributed by atoms with Crippen LogP contribution in [0.5, 0.6) is 0 Å². The van der Waals surface area contributed by atoms with Crippen LogP contribution in [0.2, 0.25) is 0 Å². The highest BCUT2D eigenvalue weighted by Crippen LogP contribution is 2.26. The Hall–Kier alpha value is -1.19. The van der Waals surface area contributed by atoms with Gasteiger partial charge in [-0.05, 0) is 55.5 Å². The molecule has 0 bridgehead atoms. The first-order valence-corrected chi connectivity index (χ1v) is 7.01. The average Bonchev–Trinajstić information content (AvgIpc) is 2.76. The van der Waals surface area contributed by atoms with Crippen molar-refractivity contribution in [1.82, 2.24) is 5.32 Å². The van der Waals surface area contributed by atoms with Gasteiger partial charge in [-0.2, -0.15) is 0 Å². The second-order valence-corrected chi connectivity index (χ2v) is 5.58. The predicted molar refractivity (Wildman–Crippen MR) is 75.4 cm³/mol. The molecule has 2 aromatic rings. The molecule has 2 rings (SSSR count). The van der Waals surface area contributed by atoms with E-state index in [0.29, 0.717) is 6.04 Å². The van der Waals surface area contributed by atoms with E-state index in [1.54, 1.807) is 11.3 Å². The van der Waals surface area contributed by atoms with E-state index in [0.717, 1.165) is 5.56 Å². The van der Waals surface area contributed by atoms with E-state index >= 15 is 0 Å². The number of aryl methyl sites for hydroxylation is 1. The average molecular weight is 263 g/mol. The van der Waals surface area contributed by atoms with Gasteiger partial charge in [0.1, 0.15) is 5.82 Å². The number of thiophene rings is 1. The van der Waals surface area contributed by atoms with Gasteiger partial charge in [0.25, 0.3) is 0 Å². The zero-order chi connectivity index (χ0) is 13.1. The molecule has 1 N–H and O–H groups in total. The fraction of sp³-hybridized carbons (Fsp3) is 0.333. The SMILES string of the molecule is Cc1ccsc1C(C)N[C@@H](C)c1ccc(F)cc1. The summed E-state index contributed by atoms with van der Waals surface area (Å²) >= 11 is 1.77. The molecular formula is C15H18FNS. The number of halogens is 1. The molecule has 0 aliphatic carbocycles. The normalized spacial score (nSPS) is 14.4. The van der Waals surface area contributed by atoms with Gasteiger partial charge >= 0.3 is 0 Å². The van der Waals surface area contributed by atoms with Gasteiger partial charge in [0.15, 0.2) is 0 Å². The molecule has 1 unspecified atom stereocenters. The predicted octanol–water partition coefficient (Wildman–Crippen LogP) is 4.61. The molecule has 0 aliphatic heterocycles. The standard InChI is InChI=1S/C15H18FNS/c1-10-8-9-18-15(10)12(3)17-11(2)13-4-6-14(16)7-5-13/h4-9,11-12,17H,1-3H3/t11-,12?/m0/s1. The Bertz CT molecular complexity index is 503. The largest absolute Gasteiger partial charge is 0.303 e. The first kappa shape index (κ1) is 13.2. The number of nitrogens with one attached hydrogen (secondary N) is 1. The Morgan fingerprint density at radius 3 is 2.28 bits per heavy atom. The maximum absolute atomic E-state index is 12.9. The highest BCUT2D eigenvalue weighted by molar-refractivity contribution is 7.10. The Labute approximate surface area is 112 Å². The van der Waals surface area contributed by atoms with Crippen molar-refractivity contribution in [1.29, 1.82) is 0 Å². The van der Waals surface area contributed by atoms with Crippen LogP contribution in [-0.2, 0) is 0 Å². The van der Waals surface area contributed by atoms with Gasteiger partial charge < -0.3 is 5.32 Å². The van der Waals surface area contributed by atoms with E-state index in [4.69, 9.17) is 0 Å². The van der Waals surface area contributed by atoms with Crippen molar-refractivity contribution in [3.63, 3.8) is 0 Å². The summed E-state index contributed by atoms with van der Waals surface area (Å²) in [5, 5.41) is 5.66. The molecule has 1 aromatic heterocycles. The van der Waals surface area contributed by atoms with Crippen LogP contribution in [0.15, 0.2) is 35.7 Å². The summed E-state index contributed by atoms with van der Waals surface area (Å²) in [6, 6.07) is 9.35. The highest BCUT2D eigenvalue weighted by atomic mass is 32.1. The Balaban J connectivity index is 2.05. The fourth-order valence-corrected chi connectivity index (χ4v) is 3.07. The van der Waals surface area contributed by atoms with Crippen LogP contribution in [-0.4, -0.2) is 0 Å². The number of benzene rings is 1. The number of hydrogen-bond acceptors (Lipinski definition) is 2. The Morgan fingerprint density at radius 1 is 1.06 bits per heavy atom. The van der Waals surface area contributed by atoms with Crippen molar-refractivity contribution in [3.05, 3.63) is 57.5 Å². The van der Waals surface area contributed by atoms with Gasteiger partial charge in [-0.1, -0.05) is 12.1 Å². The van der Waals surface area contributed by atoms with Gasteiger partial charge in [0.05, 0.1) is 0 Å². The smallest absolute Gasteiger partial charge is 0.123 e. The van der Waals surface area contributed by atoms with Gasteiger partial charge in [-0.15, -0.1) is 11.3 Å². The first-order valence-electron chi connectivity index (χ1n) is 6.13. The molecule has 18 heavy (non-hydrogen) atoms.